The number of hydrogen-bond donors (Lipinski definition) is 2. The number of benzene rings is 1. The van der Waals surface area contributed by atoms with Crippen molar-refractivity contribution in [2.45, 2.75) is 39.3 Å². The summed E-state index contributed by atoms with van der Waals surface area (Å²) >= 11 is 0. The van der Waals surface area contributed by atoms with E-state index in [1.165, 1.54) is 18.4 Å². The molecule has 0 bridgehead atoms. The smallest absolute Gasteiger partial charge is 0.0558 e. The Hall–Kier alpha value is -0.900. The normalized spacial score (nSPS) is 24.6. The molecule has 2 N–H and O–H groups in total. The van der Waals surface area contributed by atoms with Crippen LogP contribution in [-0.4, -0.2) is 42.8 Å². The van der Waals surface area contributed by atoms with Crippen molar-refractivity contribution in [3.63, 3.8) is 0 Å². The molecule has 2 atom stereocenters. The maximum Gasteiger partial charge on any atom is 0.0558 e. The van der Waals surface area contributed by atoms with Crippen LogP contribution in [0.25, 0.3) is 0 Å². The third-order valence-corrected chi connectivity index (χ3v) is 4.94. The van der Waals surface area contributed by atoms with E-state index in [9.17, 15) is 5.11 Å². The highest BCUT2D eigenvalue weighted by molar-refractivity contribution is 5.14. The molecule has 1 aliphatic rings. The number of nitrogens with one attached hydrogen (secondary N) is 1. The van der Waals surface area contributed by atoms with E-state index in [4.69, 9.17) is 0 Å². The van der Waals surface area contributed by atoms with Gasteiger partial charge in [0.25, 0.3) is 0 Å². The van der Waals surface area contributed by atoms with Gasteiger partial charge in [-0.1, -0.05) is 44.2 Å². The Morgan fingerprint density at radius 3 is 2.62 bits per heavy atom. The highest BCUT2D eigenvalue weighted by Gasteiger charge is 2.41. The van der Waals surface area contributed by atoms with E-state index in [-0.39, 0.29) is 6.61 Å². The average Bonchev–Trinajstić information content (AvgIpc) is 2.74. The quantitative estimate of drug-likeness (QED) is 0.810. The Bertz CT molecular complexity index is 418. The Kier molecular flexibility index (Phi) is 5.80. The fraction of sp³-hybridized carbons (Fsp3) is 0.667. The summed E-state index contributed by atoms with van der Waals surface area (Å²) in [4.78, 5) is 2.39. The highest BCUT2D eigenvalue weighted by atomic mass is 16.3. The first kappa shape index (κ1) is 16.5. The highest BCUT2D eigenvalue weighted by Crippen LogP contribution is 2.41. The van der Waals surface area contributed by atoms with E-state index in [0.717, 1.165) is 19.6 Å². The molecule has 2 rings (SSSR count). The molecule has 0 saturated heterocycles. The zero-order valence-corrected chi connectivity index (χ0v) is 13.7. The van der Waals surface area contributed by atoms with E-state index in [0.29, 0.717) is 17.4 Å². The van der Waals surface area contributed by atoms with Crippen LogP contribution >= 0.6 is 0 Å². The SMILES string of the molecule is CNC1C(CN(CCO)Cc2ccccc2)CCC1(C)C. The lowest BCUT2D eigenvalue weighted by molar-refractivity contribution is 0.151. The van der Waals surface area contributed by atoms with Crippen molar-refractivity contribution in [2.24, 2.45) is 11.3 Å². The topological polar surface area (TPSA) is 35.5 Å². The molecular weight excluding hydrogens is 260 g/mol. The summed E-state index contributed by atoms with van der Waals surface area (Å²) in [5.74, 6) is 0.667. The second-order valence-corrected chi connectivity index (χ2v) is 7.00. The first-order valence-corrected chi connectivity index (χ1v) is 8.11. The van der Waals surface area contributed by atoms with E-state index in [1.54, 1.807) is 0 Å². The summed E-state index contributed by atoms with van der Waals surface area (Å²) in [6, 6.07) is 11.1. The van der Waals surface area contributed by atoms with Crippen molar-refractivity contribution < 1.29 is 5.11 Å². The van der Waals surface area contributed by atoms with Crippen LogP contribution in [0.2, 0.25) is 0 Å². The van der Waals surface area contributed by atoms with Crippen LogP contribution in [0.5, 0.6) is 0 Å². The van der Waals surface area contributed by atoms with E-state index < -0.39 is 0 Å². The molecule has 1 fully saturated rings. The van der Waals surface area contributed by atoms with Crippen LogP contribution in [-0.2, 0) is 6.54 Å². The molecule has 0 amide bonds. The molecule has 1 aromatic carbocycles. The second kappa shape index (κ2) is 7.39. The third-order valence-electron chi connectivity index (χ3n) is 4.94. The summed E-state index contributed by atoms with van der Waals surface area (Å²) in [7, 11) is 2.08. The van der Waals surface area contributed by atoms with Gasteiger partial charge in [0.1, 0.15) is 0 Å². The van der Waals surface area contributed by atoms with Crippen LogP contribution < -0.4 is 5.32 Å². The van der Waals surface area contributed by atoms with Gasteiger partial charge in [-0.15, -0.1) is 0 Å². The largest absolute Gasteiger partial charge is 0.395 e. The summed E-state index contributed by atoms with van der Waals surface area (Å²) < 4.78 is 0. The van der Waals surface area contributed by atoms with Gasteiger partial charge >= 0.3 is 0 Å². The number of hydrogen-bond acceptors (Lipinski definition) is 3. The predicted molar refractivity (Wildman–Crippen MR) is 88.2 cm³/mol. The van der Waals surface area contributed by atoms with Gasteiger partial charge < -0.3 is 10.4 Å². The molecule has 1 aromatic rings. The summed E-state index contributed by atoms with van der Waals surface area (Å²) in [5.41, 5.74) is 1.70. The van der Waals surface area contributed by atoms with Gasteiger partial charge in [0, 0.05) is 25.7 Å². The lowest BCUT2D eigenvalue weighted by Gasteiger charge is -2.33. The second-order valence-electron chi connectivity index (χ2n) is 7.00. The molecule has 0 aliphatic heterocycles. The van der Waals surface area contributed by atoms with E-state index in [2.05, 4.69) is 61.4 Å². The van der Waals surface area contributed by atoms with Crippen LogP contribution in [0.15, 0.2) is 30.3 Å². The van der Waals surface area contributed by atoms with Crippen molar-refractivity contribution in [1.29, 1.82) is 0 Å². The number of nitrogens with zero attached hydrogens (tertiary/aromatic N) is 1. The van der Waals surface area contributed by atoms with Crippen LogP contribution in [0.3, 0.4) is 0 Å². The Labute approximate surface area is 129 Å². The monoisotopic (exact) mass is 290 g/mol. The first-order valence-electron chi connectivity index (χ1n) is 8.11. The minimum atomic E-state index is 0.229. The van der Waals surface area contributed by atoms with Gasteiger partial charge in [-0.05, 0) is 36.8 Å². The van der Waals surface area contributed by atoms with Gasteiger partial charge in [0.05, 0.1) is 6.61 Å². The van der Waals surface area contributed by atoms with Gasteiger partial charge in [-0.25, -0.2) is 0 Å². The summed E-state index contributed by atoms with van der Waals surface area (Å²) in [5, 5.41) is 12.9. The number of rotatable bonds is 7. The van der Waals surface area contributed by atoms with E-state index >= 15 is 0 Å². The Morgan fingerprint density at radius 2 is 2.00 bits per heavy atom. The number of aliphatic hydroxyl groups is 1. The van der Waals surface area contributed by atoms with E-state index in [1.807, 2.05) is 0 Å². The lowest BCUT2D eigenvalue weighted by atomic mass is 9.85. The fourth-order valence-corrected chi connectivity index (χ4v) is 3.89. The van der Waals surface area contributed by atoms with Gasteiger partial charge in [-0.2, -0.15) is 0 Å². The molecule has 0 aromatic heterocycles. The summed E-state index contributed by atoms with van der Waals surface area (Å²) in [6.07, 6.45) is 2.55. The molecule has 0 spiro atoms. The van der Waals surface area contributed by atoms with Crippen molar-refractivity contribution in [1.82, 2.24) is 10.2 Å². The molecule has 118 valence electrons. The molecule has 1 saturated carbocycles. The first-order chi connectivity index (χ1) is 10.1. The molecular formula is C18H30N2O. The standard InChI is InChI=1S/C18H30N2O/c1-18(2)10-9-16(17(18)19-3)14-20(11-12-21)13-15-7-5-4-6-8-15/h4-8,16-17,19,21H,9-14H2,1-3H3. The molecule has 3 heteroatoms. The predicted octanol–water partition coefficient (Wildman–Crippen LogP) is 2.51. The van der Waals surface area contributed by atoms with Gasteiger partial charge in [0.2, 0.25) is 0 Å². The third kappa shape index (κ3) is 4.29. The number of aliphatic hydroxyl groups excluding tert-OH is 1. The summed E-state index contributed by atoms with van der Waals surface area (Å²) in [6.45, 7) is 7.69. The molecule has 2 unspecified atom stereocenters. The van der Waals surface area contributed by atoms with Crippen LogP contribution in [0, 0.1) is 11.3 Å². The zero-order chi connectivity index (χ0) is 15.3. The van der Waals surface area contributed by atoms with Crippen molar-refractivity contribution in [3.8, 4) is 0 Å². The Balaban J connectivity index is 1.99. The van der Waals surface area contributed by atoms with Crippen molar-refractivity contribution >= 4 is 0 Å². The van der Waals surface area contributed by atoms with Crippen LogP contribution in [0.4, 0.5) is 0 Å². The average molecular weight is 290 g/mol. The molecule has 0 heterocycles. The van der Waals surface area contributed by atoms with Gasteiger partial charge in [-0.3, -0.25) is 4.90 Å². The van der Waals surface area contributed by atoms with Crippen molar-refractivity contribution in [3.05, 3.63) is 35.9 Å². The Morgan fingerprint density at radius 1 is 1.29 bits per heavy atom. The molecule has 21 heavy (non-hydrogen) atoms. The molecule has 0 radical (unpaired) electrons. The lowest BCUT2D eigenvalue weighted by Crippen LogP contribution is -2.44. The zero-order valence-electron chi connectivity index (χ0n) is 13.7. The van der Waals surface area contributed by atoms with Gasteiger partial charge in [0.15, 0.2) is 0 Å². The van der Waals surface area contributed by atoms with Crippen LogP contribution in [0.1, 0.15) is 32.3 Å². The minimum Gasteiger partial charge on any atom is -0.395 e. The molecule has 1 aliphatic carbocycles. The molecule has 3 nitrogen and oxygen atoms in total. The maximum absolute atomic E-state index is 9.36. The fourth-order valence-electron chi connectivity index (χ4n) is 3.89. The van der Waals surface area contributed by atoms with Crippen molar-refractivity contribution in [2.75, 3.05) is 26.7 Å². The minimum absolute atomic E-state index is 0.229. The maximum atomic E-state index is 9.36.